The van der Waals surface area contributed by atoms with Gasteiger partial charge in [-0.25, -0.2) is 0 Å². The number of rotatable bonds is 3. The second-order valence-corrected chi connectivity index (χ2v) is 11.1. The van der Waals surface area contributed by atoms with Crippen LogP contribution in [0.4, 0.5) is 0 Å². The van der Waals surface area contributed by atoms with Gasteiger partial charge < -0.3 is 10.1 Å². The highest BCUT2D eigenvalue weighted by Gasteiger charge is 2.19. The molecule has 7 aromatic carbocycles. The highest BCUT2D eigenvalue weighted by molar-refractivity contribution is 6.25. The summed E-state index contributed by atoms with van der Waals surface area (Å²) in [5, 5.41) is 18.1. The molecule has 2 aromatic heterocycles. The van der Waals surface area contributed by atoms with Crippen molar-refractivity contribution in [3.63, 3.8) is 0 Å². The van der Waals surface area contributed by atoms with Crippen molar-refractivity contribution in [2.24, 2.45) is 5.73 Å². The second kappa shape index (κ2) is 8.42. The van der Waals surface area contributed by atoms with Crippen molar-refractivity contribution in [3.05, 3.63) is 139 Å². The molecule has 0 fully saturated rings. The summed E-state index contributed by atoms with van der Waals surface area (Å²) in [4.78, 5) is 0. The zero-order chi connectivity index (χ0) is 27.9. The Morgan fingerprint density at radius 2 is 0.976 bits per heavy atom. The van der Waals surface area contributed by atoms with Crippen LogP contribution in [0.25, 0.3) is 81.9 Å². The summed E-state index contributed by atoms with van der Waals surface area (Å²) in [6.45, 7) is 0. The molecule has 0 aliphatic rings. The average molecular weight is 536 g/mol. The highest BCUT2D eigenvalue weighted by Crippen LogP contribution is 2.42. The molecule has 9 rings (SSSR count). The first-order valence-corrected chi connectivity index (χ1v) is 14.2. The molecule has 42 heavy (non-hydrogen) atoms. The van der Waals surface area contributed by atoms with E-state index in [1.807, 2.05) is 12.1 Å². The molecule has 0 unspecified atom stereocenters. The van der Waals surface area contributed by atoms with Crippen molar-refractivity contribution in [1.29, 1.82) is 5.41 Å². The Morgan fingerprint density at radius 3 is 1.69 bits per heavy atom. The molecule has 0 spiro atoms. The van der Waals surface area contributed by atoms with E-state index in [0.717, 1.165) is 38.4 Å². The zero-order valence-electron chi connectivity index (χ0n) is 22.7. The molecule has 0 atom stereocenters. The van der Waals surface area contributed by atoms with Crippen LogP contribution in [-0.4, -0.2) is 10.2 Å². The Kier molecular flexibility index (Phi) is 4.63. The van der Waals surface area contributed by atoms with E-state index < -0.39 is 0 Å². The molecule has 0 aliphatic carbocycles. The van der Waals surface area contributed by atoms with Crippen LogP contribution in [0.1, 0.15) is 5.56 Å². The van der Waals surface area contributed by atoms with Crippen LogP contribution in [0.15, 0.2) is 133 Å². The molecule has 0 bridgehead atoms. The summed E-state index contributed by atoms with van der Waals surface area (Å²) in [6, 6.07) is 47.5. The van der Waals surface area contributed by atoms with Crippen molar-refractivity contribution in [2.75, 3.05) is 0 Å². The summed E-state index contributed by atoms with van der Waals surface area (Å²) in [7, 11) is 0. The molecular weight excluding hydrogens is 510 g/mol. The molecular formula is C39H25N3. The molecule has 0 amide bonds. The largest absolute Gasteiger partial charge is 0.384 e. The Morgan fingerprint density at radius 1 is 0.452 bits per heavy atom. The van der Waals surface area contributed by atoms with E-state index >= 15 is 0 Å². The number of nitrogens with one attached hydrogen (secondary N) is 1. The quantitative estimate of drug-likeness (QED) is 0.132. The summed E-state index contributed by atoms with van der Waals surface area (Å²) in [6.07, 6.45) is 0. The van der Waals surface area contributed by atoms with Gasteiger partial charge in [-0.3, -0.25) is 5.41 Å². The highest BCUT2D eigenvalue weighted by atomic mass is 14.9. The fraction of sp³-hybridized carbons (Fsp3) is 0. The Labute approximate surface area is 241 Å². The van der Waals surface area contributed by atoms with E-state index in [1.54, 1.807) is 0 Å². The third-order valence-electron chi connectivity index (χ3n) is 8.93. The van der Waals surface area contributed by atoms with Gasteiger partial charge in [0.15, 0.2) is 0 Å². The average Bonchev–Trinajstić information content (AvgIpc) is 3.56. The maximum Gasteiger partial charge on any atom is 0.124 e. The number of fused-ring (bicyclic) bond motifs is 9. The van der Waals surface area contributed by atoms with Crippen molar-refractivity contribution < 1.29 is 0 Å². The number of nitrogens with zero attached hydrogens (tertiary/aromatic N) is 1. The van der Waals surface area contributed by atoms with E-state index in [9.17, 15) is 0 Å². The molecule has 0 aliphatic heterocycles. The number of hydrogen-bond donors (Lipinski definition) is 2. The molecule has 3 N–H and O–H groups in total. The number of amidine groups is 1. The first-order chi connectivity index (χ1) is 20.7. The smallest absolute Gasteiger partial charge is 0.124 e. The fourth-order valence-electron chi connectivity index (χ4n) is 7.16. The minimum atomic E-state index is 0.0829. The van der Waals surface area contributed by atoms with Crippen LogP contribution in [0, 0.1) is 5.41 Å². The molecule has 0 saturated carbocycles. The summed E-state index contributed by atoms with van der Waals surface area (Å²) >= 11 is 0. The second-order valence-electron chi connectivity index (χ2n) is 11.1. The monoisotopic (exact) mass is 535 g/mol. The maximum absolute atomic E-state index is 8.55. The number of hydrogen-bond acceptors (Lipinski definition) is 1. The van der Waals surface area contributed by atoms with Crippen LogP contribution in [0.2, 0.25) is 0 Å². The normalized spacial score (nSPS) is 12.0. The van der Waals surface area contributed by atoms with Gasteiger partial charge in [0.05, 0.1) is 16.6 Å². The molecule has 196 valence electrons. The first-order valence-electron chi connectivity index (χ1n) is 14.2. The standard InChI is InChI=1S/C39H25N3/c40-39(41)37-31-12-4-2-9-27(31)26-8-1-3-11-30(26)36(37)24-18-16-23(17-19-24)25-20-21-29-33-14-7-13-32-28-10-5-6-15-34(28)42(38(32)33)35(29)22-25/h1-22H,(H3,40,41). The number of nitrogens with two attached hydrogens (primary N) is 1. The maximum atomic E-state index is 8.55. The summed E-state index contributed by atoms with van der Waals surface area (Å²) < 4.78 is 2.42. The Hall–Kier alpha value is -5.67. The van der Waals surface area contributed by atoms with Gasteiger partial charge in [-0.2, -0.15) is 0 Å². The van der Waals surface area contributed by atoms with Gasteiger partial charge in [0, 0.05) is 32.7 Å². The topological polar surface area (TPSA) is 54.3 Å². The van der Waals surface area contributed by atoms with Crippen molar-refractivity contribution in [1.82, 2.24) is 4.40 Å². The SMILES string of the molecule is N=C(N)c1c(-c2ccc(-c3ccc4c5cccc6c7ccccc7n(c4c3)c65)cc2)c2ccccc2c2ccccc12. The third kappa shape index (κ3) is 3.02. The minimum absolute atomic E-state index is 0.0829. The van der Waals surface area contributed by atoms with Gasteiger partial charge in [0.2, 0.25) is 0 Å². The lowest BCUT2D eigenvalue weighted by Crippen LogP contribution is -2.13. The van der Waals surface area contributed by atoms with E-state index in [4.69, 9.17) is 11.1 Å². The van der Waals surface area contributed by atoms with E-state index in [0.29, 0.717) is 0 Å². The lowest BCUT2D eigenvalue weighted by molar-refractivity contribution is 1.37. The van der Waals surface area contributed by atoms with Gasteiger partial charge in [0.1, 0.15) is 5.84 Å². The van der Waals surface area contributed by atoms with E-state index in [-0.39, 0.29) is 5.84 Å². The fourth-order valence-corrected chi connectivity index (χ4v) is 7.16. The van der Waals surface area contributed by atoms with Crippen LogP contribution in [0.5, 0.6) is 0 Å². The van der Waals surface area contributed by atoms with Crippen molar-refractivity contribution in [3.8, 4) is 22.3 Å². The van der Waals surface area contributed by atoms with Gasteiger partial charge >= 0.3 is 0 Å². The molecule has 0 radical (unpaired) electrons. The molecule has 3 heteroatoms. The number of para-hydroxylation sites is 2. The van der Waals surface area contributed by atoms with Gasteiger partial charge in [0.25, 0.3) is 0 Å². The molecule has 3 nitrogen and oxygen atoms in total. The van der Waals surface area contributed by atoms with Crippen LogP contribution >= 0.6 is 0 Å². The lowest BCUT2D eigenvalue weighted by Gasteiger charge is -2.17. The van der Waals surface area contributed by atoms with Crippen LogP contribution in [0.3, 0.4) is 0 Å². The Bertz CT molecular complexity index is 2530. The van der Waals surface area contributed by atoms with Crippen molar-refractivity contribution in [2.45, 2.75) is 0 Å². The molecule has 2 heterocycles. The predicted octanol–water partition coefficient (Wildman–Crippen LogP) is 9.76. The summed E-state index contributed by atoms with van der Waals surface area (Å²) in [5.41, 5.74) is 15.2. The Balaban J connectivity index is 1.25. The van der Waals surface area contributed by atoms with Crippen LogP contribution in [-0.2, 0) is 0 Å². The number of aromatic nitrogens is 1. The lowest BCUT2D eigenvalue weighted by atomic mass is 9.87. The molecule has 9 aromatic rings. The number of nitrogen functional groups attached to an aromatic ring is 1. The van der Waals surface area contributed by atoms with Gasteiger partial charge in [-0.15, -0.1) is 0 Å². The summed E-state index contributed by atoms with van der Waals surface area (Å²) in [5.74, 6) is 0.0829. The van der Waals surface area contributed by atoms with Gasteiger partial charge in [-0.1, -0.05) is 121 Å². The third-order valence-corrected chi connectivity index (χ3v) is 8.93. The zero-order valence-corrected chi connectivity index (χ0v) is 22.7. The molecule has 0 saturated heterocycles. The van der Waals surface area contributed by atoms with Crippen LogP contribution < -0.4 is 5.73 Å². The minimum Gasteiger partial charge on any atom is -0.384 e. The van der Waals surface area contributed by atoms with E-state index in [2.05, 4.69) is 126 Å². The predicted molar refractivity (Wildman–Crippen MR) is 178 cm³/mol. The van der Waals surface area contributed by atoms with Crippen molar-refractivity contribution >= 4 is 65.5 Å². The van der Waals surface area contributed by atoms with Gasteiger partial charge in [-0.05, 0) is 50.4 Å². The van der Waals surface area contributed by atoms with E-state index in [1.165, 1.54) is 49.0 Å². The number of benzene rings is 7. The first kappa shape index (κ1) is 23.1.